The molecule has 0 radical (unpaired) electrons. The first-order valence-electron chi connectivity index (χ1n) is 6.52. The van der Waals surface area contributed by atoms with Crippen molar-refractivity contribution in [1.82, 2.24) is 4.98 Å². The third kappa shape index (κ3) is 2.28. The highest BCUT2D eigenvalue weighted by Crippen LogP contribution is 2.26. The second kappa shape index (κ2) is 4.57. The van der Waals surface area contributed by atoms with Gasteiger partial charge in [-0.1, -0.05) is 6.92 Å². The summed E-state index contributed by atoms with van der Waals surface area (Å²) in [6, 6.07) is 5.38. The first-order chi connectivity index (χ1) is 9.13. The molecule has 1 unspecified atom stereocenters. The van der Waals surface area contributed by atoms with Crippen molar-refractivity contribution in [3.8, 4) is 0 Å². The van der Waals surface area contributed by atoms with Crippen molar-refractivity contribution < 1.29 is 14.3 Å². The lowest BCUT2D eigenvalue weighted by molar-refractivity contribution is 0.0697. The van der Waals surface area contributed by atoms with Crippen molar-refractivity contribution in [2.45, 2.75) is 19.8 Å². The Hall–Kier alpha value is -2.04. The van der Waals surface area contributed by atoms with Crippen molar-refractivity contribution in [2.75, 3.05) is 18.0 Å². The minimum atomic E-state index is -0.952. The molecule has 1 fully saturated rings. The summed E-state index contributed by atoms with van der Waals surface area (Å²) in [5.74, 6) is -0.315. The number of hydrogen-bond acceptors (Lipinski definition) is 4. The van der Waals surface area contributed by atoms with Crippen LogP contribution in [0.5, 0.6) is 0 Å². The molecule has 1 aromatic carbocycles. The molecular formula is C14H16N2O3. The number of aromatic nitrogens is 1. The number of oxazole rings is 1. The fourth-order valence-corrected chi connectivity index (χ4v) is 2.54. The van der Waals surface area contributed by atoms with E-state index >= 15 is 0 Å². The molecule has 0 spiro atoms. The van der Waals surface area contributed by atoms with Gasteiger partial charge in [0.1, 0.15) is 5.52 Å². The van der Waals surface area contributed by atoms with Crippen molar-refractivity contribution >= 4 is 23.1 Å². The van der Waals surface area contributed by atoms with Crippen LogP contribution in [0.4, 0.5) is 6.01 Å². The molecule has 0 amide bonds. The lowest BCUT2D eigenvalue weighted by Gasteiger charge is -2.29. The second-order valence-corrected chi connectivity index (χ2v) is 5.18. The van der Waals surface area contributed by atoms with Gasteiger partial charge >= 0.3 is 5.97 Å². The molecule has 1 aromatic heterocycles. The summed E-state index contributed by atoms with van der Waals surface area (Å²) in [5.41, 5.74) is 1.47. The fourth-order valence-electron chi connectivity index (χ4n) is 2.54. The fraction of sp³-hybridized carbons (Fsp3) is 0.429. The molecule has 1 saturated heterocycles. The number of hydrogen-bond donors (Lipinski definition) is 1. The molecule has 5 heteroatoms. The second-order valence-electron chi connectivity index (χ2n) is 5.18. The SMILES string of the molecule is CC1CCCN(c2nc3ccc(C(=O)O)cc3o2)C1. The summed E-state index contributed by atoms with van der Waals surface area (Å²) in [7, 11) is 0. The van der Waals surface area contributed by atoms with Crippen LogP contribution in [0.1, 0.15) is 30.1 Å². The van der Waals surface area contributed by atoms with E-state index in [-0.39, 0.29) is 5.56 Å². The maximum absolute atomic E-state index is 10.9. The molecule has 100 valence electrons. The zero-order valence-electron chi connectivity index (χ0n) is 10.8. The Morgan fingerprint density at radius 1 is 1.53 bits per heavy atom. The number of nitrogens with zero attached hydrogens (tertiary/aromatic N) is 2. The van der Waals surface area contributed by atoms with Crippen LogP contribution in [0, 0.1) is 5.92 Å². The zero-order valence-corrected chi connectivity index (χ0v) is 10.8. The van der Waals surface area contributed by atoms with Crippen LogP contribution in [0.3, 0.4) is 0 Å². The Balaban J connectivity index is 1.94. The molecule has 2 aromatic rings. The van der Waals surface area contributed by atoms with Crippen LogP contribution < -0.4 is 4.90 Å². The first-order valence-corrected chi connectivity index (χ1v) is 6.52. The number of carboxylic acid groups (broad SMARTS) is 1. The summed E-state index contributed by atoms with van der Waals surface area (Å²) >= 11 is 0. The molecule has 19 heavy (non-hydrogen) atoms. The normalized spacial score (nSPS) is 19.8. The Morgan fingerprint density at radius 2 is 2.37 bits per heavy atom. The van der Waals surface area contributed by atoms with E-state index < -0.39 is 5.97 Å². The lowest BCUT2D eigenvalue weighted by atomic mass is 10.0. The van der Waals surface area contributed by atoms with Gasteiger partial charge in [0.25, 0.3) is 6.01 Å². The molecular weight excluding hydrogens is 244 g/mol. The maximum atomic E-state index is 10.9. The number of rotatable bonds is 2. The van der Waals surface area contributed by atoms with Gasteiger partial charge in [-0.05, 0) is 37.0 Å². The summed E-state index contributed by atoms with van der Waals surface area (Å²) in [5, 5.41) is 8.96. The number of anilines is 1. The molecule has 5 nitrogen and oxygen atoms in total. The predicted molar refractivity (Wildman–Crippen MR) is 71.6 cm³/mol. The zero-order chi connectivity index (χ0) is 13.4. The standard InChI is InChI=1S/C14H16N2O3/c1-9-3-2-6-16(8-9)14-15-11-5-4-10(13(17)18)7-12(11)19-14/h4-5,7,9H,2-3,6,8H2,1H3,(H,17,18). The van der Waals surface area contributed by atoms with Gasteiger partial charge in [-0.15, -0.1) is 0 Å². The third-order valence-electron chi connectivity index (χ3n) is 3.55. The van der Waals surface area contributed by atoms with Gasteiger partial charge in [-0.2, -0.15) is 4.98 Å². The summed E-state index contributed by atoms with van der Waals surface area (Å²) in [4.78, 5) is 17.5. The number of carboxylic acids is 1. The molecule has 0 bridgehead atoms. The first kappa shape index (κ1) is 12.0. The molecule has 1 N–H and O–H groups in total. The van der Waals surface area contributed by atoms with Crippen molar-refractivity contribution in [1.29, 1.82) is 0 Å². The molecule has 3 rings (SSSR count). The minimum Gasteiger partial charge on any atom is -0.478 e. The molecule has 0 aliphatic carbocycles. The summed E-state index contributed by atoms with van der Waals surface area (Å²) < 4.78 is 5.70. The molecule has 2 heterocycles. The number of benzene rings is 1. The number of aromatic carboxylic acids is 1. The van der Waals surface area contributed by atoms with Crippen molar-refractivity contribution in [3.05, 3.63) is 23.8 Å². The molecule has 1 aliphatic heterocycles. The van der Waals surface area contributed by atoms with Crippen molar-refractivity contribution in [3.63, 3.8) is 0 Å². The van der Waals surface area contributed by atoms with Gasteiger partial charge < -0.3 is 14.4 Å². The van der Waals surface area contributed by atoms with Gasteiger partial charge in [0.05, 0.1) is 5.56 Å². The lowest BCUT2D eigenvalue weighted by Crippen LogP contribution is -2.34. The summed E-state index contributed by atoms with van der Waals surface area (Å²) in [6.45, 7) is 4.11. The number of fused-ring (bicyclic) bond motifs is 1. The average molecular weight is 260 g/mol. The maximum Gasteiger partial charge on any atom is 0.335 e. The van der Waals surface area contributed by atoms with Crippen LogP contribution in [0.25, 0.3) is 11.1 Å². The van der Waals surface area contributed by atoms with E-state index in [4.69, 9.17) is 9.52 Å². The van der Waals surface area contributed by atoms with E-state index in [0.717, 1.165) is 19.5 Å². The monoisotopic (exact) mass is 260 g/mol. The smallest absolute Gasteiger partial charge is 0.335 e. The van der Waals surface area contributed by atoms with E-state index in [2.05, 4.69) is 16.8 Å². The topological polar surface area (TPSA) is 66.6 Å². The Kier molecular flexibility index (Phi) is 2.89. The van der Waals surface area contributed by atoms with Crippen LogP contribution in [0.2, 0.25) is 0 Å². The highest BCUT2D eigenvalue weighted by atomic mass is 16.4. The predicted octanol–water partition coefficient (Wildman–Crippen LogP) is 2.76. The van der Waals surface area contributed by atoms with E-state index in [0.29, 0.717) is 23.0 Å². The minimum absolute atomic E-state index is 0.224. The number of carbonyl (C=O) groups is 1. The average Bonchev–Trinajstić information content (AvgIpc) is 2.81. The molecule has 1 aliphatic rings. The quantitative estimate of drug-likeness (QED) is 0.899. The van der Waals surface area contributed by atoms with Gasteiger partial charge in [0, 0.05) is 13.1 Å². The summed E-state index contributed by atoms with van der Waals surface area (Å²) in [6.07, 6.45) is 2.38. The van der Waals surface area contributed by atoms with Gasteiger partial charge in [-0.3, -0.25) is 0 Å². The Morgan fingerprint density at radius 3 is 3.11 bits per heavy atom. The van der Waals surface area contributed by atoms with Crippen LogP contribution in [0.15, 0.2) is 22.6 Å². The van der Waals surface area contributed by atoms with E-state index in [9.17, 15) is 4.79 Å². The van der Waals surface area contributed by atoms with Gasteiger partial charge in [-0.25, -0.2) is 4.79 Å². The highest BCUT2D eigenvalue weighted by molar-refractivity contribution is 5.92. The third-order valence-corrected chi connectivity index (χ3v) is 3.55. The molecule has 1 atom stereocenters. The van der Waals surface area contributed by atoms with E-state index in [1.165, 1.54) is 12.5 Å². The van der Waals surface area contributed by atoms with Gasteiger partial charge in [0.2, 0.25) is 0 Å². The van der Waals surface area contributed by atoms with Crippen LogP contribution in [-0.4, -0.2) is 29.1 Å². The largest absolute Gasteiger partial charge is 0.478 e. The van der Waals surface area contributed by atoms with Crippen LogP contribution >= 0.6 is 0 Å². The number of piperidine rings is 1. The highest BCUT2D eigenvalue weighted by Gasteiger charge is 2.21. The van der Waals surface area contributed by atoms with E-state index in [1.54, 1.807) is 12.1 Å². The Labute approximate surface area is 110 Å². The van der Waals surface area contributed by atoms with Gasteiger partial charge in [0.15, 0.2) is 5.58 Å². The van der Waals surface area contributed by atoms with Crippen LogP contribution in [-0.2, 0) is 0 Å². The van der Waals surface area contributed by atoms with Crippen molar-refractivity contribution in [2.24, 2.45) is 5.92 Å². The van der Waals surface area contributed by atoms with E-state index in [1.807, 2.05) is 0 Å². The Bertz CT molecular complexity index is 620. The molecule has 0 saturated carbocycles.